The number of aryl methyl sites for hydroxylation is 1. The molecule has 7 heteroatoms. The Morgan fingerprint density at radius 3 is 2.64 bits per heavy atom. The number of hydrogen-bond acceptors (Lipinski definition) is 4. The van der Waals surface area contributed by atoms with Gasteiger partial charge in [0.2, 0.25) is 0 Å². The molecule has 0 radical (unpaired) electrons. The topological polar surface area (TPSA) is 84.7 Å². The van der Waals surface area contributed by atoms with Gasteiger partial charge in [0.25, 0.3) is 5.91 Å². The number of rotatable bonds is 7. The number of aromatic nitrogens is 2. The largest absolute Gasteiger partial charge is 0.494 e. The maximum absolute atomic E-state index is 12.7. The molecule has 0 spiro atoms. The van der Waals surface area contributed by atoms with Gasteiger partial charge in [0.1, 0.15) is 11.4 Å². The monoisotopic (exact) mass is 345 g/mol. The van der Waals surface area contributed by atoms with Crippen LogP contribution in [0, 0.1) is 6.92 Å². The average Bonchev–Trinajstić information content (AvgIpc) is 3.04. The third-order valence-electron chi connectivity index (χ3n) is 3.84. The fourth-order valence-corrected chi connectivity index (χ4v) is 2.51. The summed E-state index contributed by atoms with van der Waals surface area (Å²) in [4.78, 5) is 25.0. The number of nitrogens with zero attached hydrogens (tertiary/aromatic N) is 3. The third kappa shape index (κ3) is 4.37. The lowest BCUT2D eigenvalue weighted by molar-refractivity contribution is -0.137. The van der Waals surface area contributed by atoms with E-state index in [1.807, 2.05) is 39.0 Å². The van der Waals surface area contributed by atoms with Crippen LogP contribution in [0.3, 0.4) is 0 Å². The molecule has 7 nitrogen and oxygen atoms in total. The van der Waals surface area contributed by atoms with E-state index in [9.17, 15) is 9.59 Å². The Morgan fingerprint density at radius 2 is 2.04 bits per heavy atom. The Hall–Kier alpha value is -2.83. The summed E-state index contributed by atoms with van der Waals surface area (Å²) in [5.41, 5.74) is 2.05. The number of hydrogen-bond donors (Lipinski definition) is 1. The molecule has 0 aliphatic carbocycles. The normalized spacial score (nSPS) is 10.8. The van der Waals surface area contributed by atoms with Crippen LogP contribution in [0.25, 0.3) is 5.69 Å². The Balaban J connectivity index is 2.29. The number of carboxylic acid groups (broad SMARTS) is 1. The van der Waals surface area contributed by atoms with E-state index in [4.69, 9.17) is 9.84 Å². The molecule has 0 atom stereocenters. The minimum atomic E-state index is -0.937. The number of carbonyl (C=O) groups excluding carboxylic acids is 1. The Bertz CT molecular complexity index is 767. The van der Waals surface area contributed by atoms with Crippen molar-refractivity contribution in [2.75, 3.05) is 13.7 Å². The maximum atomic E-state index is 12.7. The Kier molecular flexibility index (Phi) is 5.80. The zero-order valence-corrected chi connectivity index (χ0v) is 14.9. The van der Waals surface area contributed by atoms with Gasteiger partial charge in [0, 0.05) is 18.8 Å². The van der Waals surface area contributed by atoms with E-state index in [-0.39, 0.29) is 30.6 Å². The highest BCUT2D eigenvalue weighted by atomic mass is 16.5. The number of benzene rings is 1. The molecular weight excluding hydrogens is 322 g/mol. The molecule has 0 bridgehead atoms. The summed E-state index contributed by atoms with van der Waals surface area (Å²) in [5.74, 6) is -0.575. The van der Waals surface area contributed by atoms with Gasteiger partial charge >= 0.3 is 5.97 Å². The molecule has 0 saturated carbocycles. The van der Waals surface area contributed by atoms with Gasteiger partial charge in [0.05, 0.1) is 13.5 Å². The molecule has 0 unspecified atom stereocenters. The first-order valence-electron chi connectivity index (χ1n) is 8.07. The van der Waals surface area contributed by atoms with Crippen LogP contribution < -0.4 is 4.74 Å². The summed E-state index contributed by atoms with van der Waals surface area (Å²) in [5, 5.41) is 13.2. The zero-order chi connectivity index (χ0) is 18.6. The molecule has 1 N–H and O–H groups in total. The second-order valence-corrected chi connectivity index (χ2v) is 6.06. The molecule has 1 heterocycles. The minimum absolute atomic E-state index is 0.101. The molecule has 2 aromatic rings. The number of carboxylic acids is 1. The van der Waals surface area contributed by atoms with Gasteiger partial charge in [-0.2, -0.15) is 5.10 Å². The molecule has 0 aliphatic heterocycles. The first kappa shape index (κ1) is 18.5. The highest BCUT2D eigenvalue weighted by Gasteiger charge is 2.22. The number of amides is 1. The van der Waals surface area contributed by atoms with E-state index in [0.717, 1.165) is 11.3 Å². The summed E-state index contributed by atoms with van der Waals surface area (Å²) in [6, 6.07) is 7.21. The molecule has 1 aromatic carbocycles. The molecule has 134 valence electrons. The number of carbonyl (C=O) groups is 2. The predicted octanol–water partition coefficient (Wildman–Crippen LogP) is 2.51. The molecule has 1 amide bonds. The lowest BCUT2D eigenvalue weighted by Crippen LogP contribution is -2.38. The SMILES string of the molecule is COc1ccc(C)cc1-n1ccc(C(=O)N(CCC(=O)O)C(C)C)n1. The van der Waals surface area contributed by atoms with Crippen LogP contribution in [0.4, 0.5) is 0 Å². The van der Waals surface area contributed by atoms with Crippen molar-refractivity contribution in [3.05, 3.63) is 41.7 Å². The van der Waals surface area contributed by atoms with Crippen LogP contribution in [0.1, 0.15) is 36.3 Å². The van der Waals surface area contributed by atoms with Gasteiger partial charge in [0.15, 0.2) is 5.69 Å². The quantitative estimate of drug-likeness (QED) is 0.833. The fourth-order valence-electron chi connectivity index (χ4n) is 2.51. The molecule has 1 aromatic heterocycles. The molecule has 2 rings (SSSR count). The minimum Gasteiger partial charge on any atom is -0.494 e. The number of aliphatic carboxylic acids is 1. The van der Waals surface area contributed by atoms with Crippen molar-refractivity contribution in [3.63, 3.8) is 0 Å². The summed E-state index contributed by atoms with van der Waals surface area (Å²) < 4.78 is 6.95. The number of ether oxygens (including phenoxy) is 1. The van der Waals surface area contributed by atoms with Gasteiger partial charge in [-0.15, -0.1) is 0 Å². The molecule has 0 fully saturated rings. The third-order valence-corrected chi connectivity index (χ3v) is 3.84. The van der Waals surface area contributed by atoms with Crippen LogP contribution >= 0.6 is 0 Å². The van der Waals surface area contributed by atoms with E-state index in [1.165, 1.54) is 4.90 Å². The first-order valence-corrected chi connectivity index (χ1v) is 8.07. The summed E-state index contributed by atoms with van der Waals surface area (Å²) in [6.07, 6.45) is 1.59. The Labute approximate surface area is 146 Å². The van der Waals surface area contributed by atoms with Gasteiger partial charge in [-0.3, -0.25) is 9.59 Å². The second kappa shape index (κ2) is 7.83. The van der Waals surface area contributed by atoms with Crippen molar-refractivity contribution in [1.82, 2.24) is 14.7 Å². The van der Waals surface area contributed by atoms with Gasteiger partial charge in [-0.25, -0.2) is 4.68 Å². The predicted molar refractivity (Wildman–Crippen MR) is 93.3 cm³/mol. The van der Waals surface area contributed by atoms with Crippen molar-refractivity contribution >= 4 is 11.9 Å². The lowest BCUT2D eigenvalue weighted by Gasteiger charge is -2.25. The van der Waals surface area contributed by atoms with E-state index >= 15 is 0 Å². The standard InChI is InChI=1S/C18H23N3O4/c1-12(2)20(9-8-17(22)23)18(24)14-7-10-21(19-14)15-11-13(3)5-6-16(15)25-4/h5-7,10-12H,8-9H2,1-4H3,(H,22,23). The van der Waals surface area contributed by atoms with Gasteiger partial charge < -0.3 is 14.7 Å². The molecule has 25 heavy (non-hydrogen) atoms. The van der Waals surface area contributed by atoms with Crippen molar-refractivity contribution in [2.45, 2.75) is 33.2 Å². The fraction of sp³-hybridized carbons (Fsp3) is 0.389. The van der Waals surface area contributed by atoms with Crippen LogP contribution in [0.15, 0.2) is 30.5 Å². The van der Waals surface area contributed by atoms with E-state index in [2.05, 4.69) is 5.10 Å². The van der Waals surface area contributed by atoms with Crippen LogP contribution in [0.5, 0.6) is 5.75 Å². The van der Waals surface area contributed by atoms with Crippen molar-refractivity contribution < 1.29 is 19.4 Å². The highest BCUT2D eigenvalue weighted by Crippen LogP contribution is 2.23. The van der Waals surface area contributed by atoms with E-state index in [1.54, 1.807) is 24.1 Å². The smallest absolute Gasteiger partial charge is 0.305 e. The zero-order valence-electron chi connectivity index (χ0n) is 14.9. The van der Waals surface area contributed by atoms with Crippen LogP contribution in [-0.2, 0) is 4.79 Å². The van der Waals surface area contributed by atoms with Gasteiger partial charge in [-0.05, 0) is 44.5 Å². The number of methoxy groups -OCH3 is 1. The highest BCUT2D eigenvalue weighted by molar-refractivity contribution is 5.92. The van der Waals surface area contributed by atoms with Crippen molar-refractivity contribution in [3.8, 4) is 11.4 Å². The van der Waals surface area contributed by atoms with Crippen molar-refractivity contribution in [2.24, 2.45) is 0 Å². The summed E-state index contributed by atoms with van der Waals surface area (Å²) in [7, 11) is 1.58. The summed E-state index contributed by atoms with van der Waals surface area (Å²) in [6.45, 7) is 5.80. The van der Waals surface area contributed by atoms with Crippen LogP contribution in [-0.4, -0.2) is 51.4 Å². The molecular formula is C18H23N3O4. The molecule has 0 saturated heterocycles. The Morgan fingerprint density at radius 1 is 1.32 bits per heavy atom. The molecule has 0 aliphatic rings. The van der Waals surface area contributed by atoms with Gasteiger partial charge in [-0.1, -0.05) is 6.07 Å². The average molecular weight is 345 g/mol. The lowest BCUT2D eigenvalue weighted by atomic mass is 10.2. The summed E-state index contributed by atoms with van der Waals surface area (Å²) >= 11 is 0. The second-order valence-electron chi connectivity index (χ2n) is 6.06. The van der Waals surface area contributed by atoms with E-state index in [0.29, 0.717) is 5.75 Å². The van der Waals surface area contributed by atoms with Crippen molar-refractivity contribution in [1.29, 1.82) is 0 Å². The maximum Gasteiger partial charge on any atom is 0.305 e. The van der Waals surface area contributed by atoms with E-state index < -0.39 is 5.97 Å². The first-order chi connectivity index (χ1) is 11.8. The van der Waals surface area contributed by atoms with Crippen LogP contribution in [0.2, 0.25) is 0 Å².